The number of halogens is 3. The van der Waals surface area contributed by atoms with Crippen LogP contribution in [0.4, 0.5) is 13.2 Å². The Labute approximate surface area is 118 Å². The van der Waals surface area contributed by atoms with E-state index >= 15 is 0 Å². The van der Waals surface area contributed by atoms with Gasteiger partial charge in [0.15, 0.2) is 17.5 Å². The Bertz CT molecular complexity index is 638. The molecule has 1 aliphatic rings. The van der Waals surface area contributed by atoms with E-state index in [1.54, 1.807) is 11.3 Å². The minimum atomic E-state index is -1.53. The van der Waals surface area contributed by atoms with Crippen LogP contribution >= 0.6 is 11.3 Å². The zero-order valence-corrected chi connectivity index (χ0v) is 11.4. The minimum Gasteiger partial charge on any atom is -0.388 e. The maximum atomic E-state index is 13.8. The highest BCUT2D eigenvalue weighted by Crippen LogP contribution is 2.43. The largest absolute Gasteiger partial charge is 0.388 e. The van der Waals surface area contributed by atoms with Gasteiger partial charge in [-0.25, -0.2) is 13.2 Å². The number of aliphatic hydroxyl groups excluding tert-OH is 1. The van der Waals surface area contributed by atoms with Crippen molar-refractivity contribution in [2.24, 2.45) is 0 Å². The van der Waals surface area contributed by atoms with Crippen LogP contribution in [-0.2, 0) is 6.42 Å². The van der Waals surface area contributed by atoms with Gasteiger partial charge in [0.1, 0.15) is 0 Å². The van der Waals surface area contributed by atoms with E-state index in [1.165, 1.54) is 4.88 Å². The van der Waals surface area contributed by atoms with Gasteiger partial charge in [0.25, 0.3) is 0 Å². The molecule has 1 aromatic carbocycles. The third-order valence-electron chi connectivity index (χ3n) is 3.86. The maximum absolute atomic E-state index is 13.8. The molecule has 1 aliphatic carbocycles. The third kappa shape index (κ3) is 2.15. The van der Waals surface area contributed by atoms with Crippen molar-refractivity contribution >= 4 is 11.3 Å². The van der Waals surface area contributed by atoms with E-state index in [1.807, 2.05) is 11.4 Å². The van der Waals surface area contributed by atoms with Gasteiger partial charge in [-0.3, -0.25) is 0 Å². The Hall–Kier alpha value is -1.33. The molecule has 3 rings (SSSR count). The van der Waals surface area contributed by atoms with Gasteiger partial charge >= 0.3 is 0 Å². The number of aryl methyl sites for hydroxylation is 1. The molecule has 2 aromatic rings. The normalized spacial score (nSPS) is 19.7. The number of aliphatic hydroxyl groups is 1. The summed E-state index contributed by atoms with van der Waals surface area (Å²) in [6.07, 6.45) is 1.42. The van der Waals surface area contributed by atoms with E-state index in [-0.39, 0.29) is 11.5 Å². The SMILES string of the molecule is OC(c1ccc(F)c(F)c1F)C1CCCc2sccc21. The van der Waals surface area contributed by atoms with Gasteiger partial charge in [-0.15, -0.1) is 11.3 Å². The number of hydrogen-bond acceptors (Lipinski definition) is 2. The predicted molar refractivity (Wildman–Crippen MR) is 71.3 cm³/mol. The Kier molecular flexibility index (Phi) is 3.56. The molecule has 5 heteroatoms. The Morgan fingerprint density at radius 1 is 1.15 bits per heavy atom. The molecule has 0 saturated heterocycles. The topological polar surface area (TPSA) is 20.2 Å². The molecule has 106 valence electrons. The van der Waals surface area contributed by atoms with Crippen LogP contribution in [0.25, 0.3) is 0 Å². The van der Waals surface area contributed by atoms with Gasteiger partial charge in [0.2, 0.25) is 0 Å². The first-order valence-electron chi connectivity index (χ1n) is 6.47. The van der Waals surface area contributed by atoms with Crippen LogP contribution in [0, 0.1) is 17.5 Å². The third-order valence-corrected chi connectivity index (χ3v) is 4.86. The first-order chi connectivity index (χ1) is 9.59. The smallest absolute Gasteiger partial charge is 0.194 e. The van der Waals surface area contributed by atoms with E-state index in [2.05, 4.69) is 0 Å². The van der Waals surface area contributed by atoms with Crippen LogP contribution in [0.5, 0.6) is 0 Å². The molecule has 0 aliphatic heterocycles. The van der Waals surface area contributed by atoms with Gasteiger partial charge in [-0.1, -0.05) is 6.07 Å². The summed E-state index contributed by atoms with van der Waals surface area (Å²) >= 11 is 1.61. The van der Waals surface area contributed by atoms with Crippen LogP contribution < -0.4 is 0 Å². The highest BCUT2D eigenvalue weighted by atomic mass is 32.1. The van der Waals surface area contributed by atoms with E-state index in [9.17, 15) is 18.3 Å². The molecule has 1 heterocycles. The lowest BCUT2D eigenvalue weighted by atomic mass is 9.81. The molecule has 0 bridgehead atoms. The fourth-order valence-electron chi connectivity index (χ4n) is 2.84. The Morgan fingerprint density at radius 3 is 2.75 bits per heavy atom. The monoisotopic (exact) mass is 298 g/mol. The molecular weight excluding hydrogens is 285 g/mol. The molecule has 1 aromatic heterocycles. The van der Waals surface area contributed by atoms with E-state index < -0.39 is 23.6 Å². The molecule has 0 spiro atoms. The van der Waals surface area contributed by atoms with Crippen LogP contribution in [0.15, 0.2) is 23.6 Å². The summed E-state index contributed by atoms with van der Waals surface area (Å²) in [5.41, 5.74) is 0.825. The second kappa shape index (κ2) is 5.22. The molecule has 1 nitrogen and oxygen atoms in total. The van der Waals surface area contributed by atoms with Crippen molar-refractivity contribution in [1.82, 2.24) is 0 Å². The van der Waals surface area contributed by atoms with Crippen LogP contribution in [-0.4, -0.2) is 5.11 Å². The molecule has 20 heavy (non-hydrogen) atoms. The number of thiophene rings is 1. The predicted octanol–water partition coefficient (Wildman–Crippen LogP) is 4.32. The molecule has 0 fully saturated rings. The van der Waals surface area contributed by atoms with Crippen LogP contribution in [0.1, 0.15) is 40.9 Å². The molecule has 2 unspecified atom stereocenters. The maximum Gasteiger partial charge on any atom is 0.194 e. The summed E-state index contributed by atoms with van der Waals surface area (Å²) in [5, 5.41) is 12.3. The number of fused-ring (bicyclic) bond motifs is 1. The van der Waals surface area contributed by atoms with Gasteiger partial charge in [0.05, 0.1) is 6.10 Å². The van der Waals surface area contributed by atoms with Crippen molar-refractivity contribution in [1.29, 1.82) is 0 Å². The van der Waals surface area contributed by atoms with Crippen molar-refractivity contribution in [3.05, 3.63) is 57.0 Å². The summed E-state index contributed by atoms with van der Waals surface area (Å²) in [5.74, 6) is -4.31. The van der Waals surface area contributed by atoms with E-state index in [0.29, 0.717) is 6.42 Å². The summed E-state index contributed by atoms with van der Waals surface area (Å²) in [4.78, 5) is 1.18. The van der Waals surface area contributed by atoms with Crippen molar-refractivity contribution in [3.8, 4) is 0 Å². The van der Waals surface area contributed by atoms with Crippen molar-refractivity contribution in [2.45, 2.75) is 31.3 Å². The lowest BCUT2D eigenvalue weighted by molar-refractivity contribution is 0.131. The first-order valence-corrected chi connectivity index (χ1v) is 7.35. The van der Waals surface area contributed by atoms with Gasteiger partial charge in [-0.05, 0) is 42.3 Å². The molecular formula is C15H13F3OS. The molecule has 1 N–H and O–H groups in total. The molecule has 0 saturated carbocycles. The fourth-order valence-corrected chi connectivity index (χ4v) is 3.83. The lowest BCUT2D eigenvalue weighted by Crippen LogP contribution is -2.17. The Balaban J connectivity index is 1.99. The fraction of sp³-hybridized carbons (Fsp3) is 0.333. The summed E-state index contributed by atoms with van der Waals surface area (Å²) in [6.45, 7) is 0. The minimum absolute atomic E-state index is 0.173. The average Bonchev–Trinajstić information content (AvgIpc) is 2.92. The standard InChI is InChI=1S/C15H13F3OS/c16-11-5-4-10(13(17)14(11)18)15(19)9-2-1-3-12-8(9)6-7-20-12/h4-7,9,15,19H,1-3H2. The summed E-state index contributed by atoms with van der Waals surface area (Å²) in [6, 6.07) is 3.90. The summed E-state index contributed by atoms with van der Waals surface area (Å²) < 4.78 is 40.1. The zero-order chi connectivity index (χ0) is 14.3. The van der Waals surface area contributed by atoms with Gasteiger partial charge < -0.3 is 5.11 Å². The van der Waals surface area contributed by atoms with Gasteiger partial charge in [-0.2, -0.15) is 0 Å². The molecule has 0 radical (unpaired) electrons. The highest BCUT2D eigenvalue weighted by molar-refractivity contribution is 7.10. The molecule has 2 atom stereocenters. The molecule has 0 amide bonds. The summed E-state index contributed by atoms with van der Waals surface area (Å²) in [7, 11) is 0. The second-order valence-electron chi connectivity index (χ2n) is 5.01. The van der Waals surface area contributed by atoms with Crippen molar-refractivity contribution in [3.63, 3.8) is 0 Å². The van der Waals surface area contributed by atoms with E-state index in [0.717, 1.165) is 30.5 Å². The van der Waals surface area contributed by atoms with Crippen molar-refractivity contribution < 1.29 is 18.3 Å². The number of rotatable bonds is 2. The second-order valence-corrected chi connectivity index (χ2v) is 6.01. The van der Waals surface area contributed by atoms with Gasteiger partial charge in [0, 0.05) is 16.4 Å². The number of benzene rings is 1. The van der Waals surface area contributed by atoms with E-state index in [4.69, 9.17) is 0 Å². The lowest BCUT2D eigenvalue weighted by Gasteiger charge is -2.27. The first kappa shape index (κ1) is 13.6. The van der Waals surface area contributed by atoms with Crippen molar-refractivity contribution in [2.75, 3.05) is 0 Å². The van der Waals surface area contributed by atoms with Crippen LogP contribution in [0.3, 0.4) is 0 Å². The Morgan fingerprint density at radius 2 is 1.95 bits per heavy atom. The average molecular weight is 298 g/mol. The quantitative estimate of drug-likeness (QED) is 0.819. The highest BCUT2D eigenvalue weighted by Gasteiger charge is 2.31. The number of hydrogen-bond donors (Lipinski definition) is 1. The zero-order valence-electron chi connectivity index (χ0n) is 10.6. The van der Waals surface area contributed by atoms with Crippen LogP contribution in [0.2, 0.25) is 0 Å².